The Hall–Kier alpha value is -0.370. The Morgan fingerprint density at radius 3 is 2.33 bits per heavy atom. The number of nitrogens with zero attached hydrogens (tertiary/aromatic N) is 1. The summed E-state index contributed by atoms with van der Waals surface area (Å²) in [5, 5.41) is 0. The topological polar surface area (TPSA) is 20.3 Å². The highest BCUT2D eigenvalue weighted by Crippen LogP contribution is 2.39. The number of hydrogen-bond acceptors (Lipinski definition) is 2. The molecule has 0 N–H and O–H groups in total. The van der Waals surface area contributed by atoms with Crippen molar-refractivity contribution in [1.82, 2.24) is 4.90 Å². The van der Waals surface area contributed by atoms with Gasteiger partial charge in [-0.05, 0) is 37.5 Å². The van der Waals surface area contributed by atoms with Gasteiger partial charge >= 0.3 is 0 Å². The molecule has 0 aromatic rings. The van der Waals surface area contributed by atoms with Crippen LogP contribution in [0, 0.1) is 11.8 Å². The molecule has 3 aliphatic rings. The predicted octanol–water partition coefficient (Wildman–Crippen LogP) is 2.23. The molecule has 2 saturated carbocycles. The molecule has 84 valence electrons. The Balaban J connectivity index is 1.65. The molecule has 2 heteroatoms. The van der Waals surface area contributed by atoms with Crippen LogP contribution in [-0.2, 0) is 4.79 Å². The van der Waals surface area contributed by atoms with Crippen molar-refractivity contribution < 1.29 is 4.79 Å². The Kier molecular flexibility index (Phi) is 2.55. The summed E-state index contributed by atoms with van der Waals surface area (Å²) >= 11 is 0. The summed E-state index contributed by atoms with van der Waals surface area (Å²) in [7, 11) is 0. The lowest BCUT2D eigenvalue weighted by molar-refractivity contribution is -0.125. The van der Waals surface area contributed by atoms with Gasteiger partial charge in [-0.15, -0.1) is 0 Å². The summed E-state index contributed by atoms with van der Waals surface area (Å²) in [5.74, 6) is 2.39. The Morgan fingerprint density at radius 1 is 0.933 bits per heavy atom. The molecule has 1 heterocycles. The van der Waals surface area contributed by atoms with E-state index in [4.69, 9.17) is 0 Å². The van der Waals surface area contributed by atoms with Crippen molar-refractivity contribution >= 4 is 5.78 Å². The summed E-state index contributed by atoms with van der Waals surface area (Å²) in [6.07, 6.45) is 8.65. The number of likely N-dealkylation sites (tertiary alicyclic amines) is 1. The summed E-state index contributed by atoms with van der Waals surface area (Å²) in [6.45, 7) is 2.45. The third kappa shape index (κ3) is 1.73. The van der Waals surface area contributed by atoms with Gasteiger partial charge < -0.3 is 0 Å². The van der Waals surface area contributed by atoms with Crippen molar-refractivity contribution in [3.8, 4) is 0 Å². The van der Waals surface area contributed by atoms with Gasteiger partial charge in [0.2, 0.25) is 0 Å². The van der Waals surface area contributed by atoms with Crippen LogP contribution in [0.5, 0.6) is 0 Å². The molecule has 3 rings (SSSR count). The molecule has 0 spiro atoms. The average Bonchev–Trinajstić information content (AvgIpc) is 2.77. The van der Waals surface area contributed by atoms with Gasteiger partial charge in [0.1, 0.15) is 5.78 Å². The predicted molar refractivity (Wildman–Crippen MR) is 59.7 cm³/mol. The van der Waals surface area contributed by atoms with Gasteiger partial charge in [0.25, 0.3) is 0 Å². The Morgan fingerprint density at radius 2 is 1.67 bits per heavy atom. The van der Waals surface area contributed by atoms with Gasteiger partial charge in [0.05, 0.1) is 6.04 Å². The van der Waals surface area contributed by atoms with E-state index in [0.29, 0.717) is 11.8 Å². The van der Waals surface area contributed by atoms with Gasteiger partial charge in [-0.1, -0.05) is 12.8 Å². The summed E-state index contributed by atoms with van der Waals surface area (Å²) < 4.78 is 0. The molecule has 1 saturated heterocycles. The molecule has 0 aromatic carbocycles. The minimum absolute atomic E-state index is 0.310. The molecule has 2 nitrogen and oxygen atoms in total. The molecule has 2 aliphatic carbocycles. The van der Waals surface area contributed by atoms with Crippen molar-refractivity contribution in [2.45, 2.75) is 51.0 Å². The summed E-state index contributed by atoms with van der Waals surface area (Å²) in [4.78, 5) is 14.4. The Bertz CT molecular complexity index is 251. The van der Waals surface area contributed by atoms with E-state index < -0.39 is 0 Å². The van der Waals surface area contributed by atoms with Crippen molar-refractivity contribution in [2.24, 2.45) is 11.8 Å². The van der Waals surface area contributed by atoms with Crippen LogP contribution >= 0.6 is 0 Å². The van der Waals surface area contributed by atoms with E-state index in [-0.39, 0.29) is 0 Å². The third-order valence-electron chi connectivity index (χ3n) is 4.72. The third-order valence-corrected chi connectivity index (χ3v) is 4.72. The maximum Gasteiger partial charge on any atom is 0.149 e. The lowest BCUT2D eigenvalue weighted by Gasteiger charge is -2.30. The van der Waals surface area contributed by atoms with E-state index in [1.807, 2.05) is 0 Å². The minimum Gasteiger partial charge on any atom is -0.298 e. The molecule has 15 heavy (non-hydrogen) atoms. The first-order valence-corrected chi connectivity index (χ1v) is 6.61. The number of rotatable bonds is 1. The number of Topliss-reactive ketones (excluding diaryl/α,β-unsaturated/α-hetero) is 1. The number of hydrogen-bond donors (Lipinski definition) is 0. The van der Waals surface area contributed by atoms with Gasteiger partial charge in [0, 0.05) is 19.5 Å². The van der Waals surface area contributed by atoms with E-state index in [1.165, 1.54) is 38.8 Å². The second-order valence-corrected chi connectivity index (χ2v) is 5.63. The lowest BCUT2D eigenvalue weighted by atomic mass is 9.93. The number of carbonyl (C=O) groups is 1. The normalized spacial score (nSPS) is 42.1. The van der Waals surface area contributed by atoms with Crippen molar-refractivity contribution in [1.29, 1.82) is 0 Å². The molecular weight excluding hydrogens is 186 g/mol. The van der Waals surface area contributed by atoms with Crippen LogP contribution in [0.1, 0.15) is 44.9 Å². The molecule has 1 aliphatic heterocycles. The molecule has 0 aromatic heterocycles. The highest BCUT2D eigenvalue weighted by atomic mass is 16.1. The molecular formula is C13H21NO. The van der Waals surface area contributed by atoms with Crippen molar-refractivity contribution in [3.63, 3.8) is 0 Å². The SMILES string of the molecule is O=C1CCCCC1N1CC2CCCC2C1. The average molecular weight is 207 g/mol. The summed E-state index contributed by atoms with van der Waals surface area (Å²) in [5.41, 5.74) is 0. The number of fused-ring (bicyclic) bond motifs is 1. The standard InChI is InChI=1S/C13H21NO/c15-13-7-2-1-6-12(13)14-8-10-4-3-5-11(10)9-14/h10-12H,1-9H2. The van der Waals surface area contributed by atoms with Gasteiger partial charge in [-0.25, -0.2) is 0 Å². The molecule has 0 bridgehead atoms. The van der Waals surface area contributed by atoms with Crippen LogP contribution in [-0.4, -0.2) is 29.8 Å². The largest absolute Gasteiger partial charge is 0.298 e. The second kappa shape index (κ2) is 3.89. The smallest absolute Gasteiger partial charge is 0.149 e. The highest BCUT2D eigenvalue weighted by Gasteiger charge is 2.40. The second-order valence-electron chi connectivity index (χ2n) is 5.63. The zero-order valence-electron chi connectivity index (χ0n) is 9.45. The van der Waals surface area contributed by atoms with E-state index in [1.54, 1.807) is 0 Å². The van der Waals surface area contributed by atoms with Crippen LogP contribution in [0.2, 0.25) is 0 Å². The first-order valence-electron chi connectivity index (χ1n) is 6.61. The maximum absolute atomic E-state index is 11.9. The van der Waals surface area contributed by atoms with E-state index in [9.17, 15) is 4.79 Å². The fourth-order valence-corrected chi connectivity index (χ4v) is 3.88. The number of carbonyl (C=O) groups excluding carboxylic acids is 1. The van der Waals surface area contributed by atoms with Crippen LogP contribution in [0.4, 0.5) is 0 Å². The lowest BCUT2D eigenvalue weighted by Crippen LogP contribution is -2.41. The van der Waals surface area contributed by atoms with Crippen LogP contribution in [0.15, 0.2) is 0 Å². The zero-order valence-corrected chi connectivity index (χ0v) is 9.45. The molecule has 0 amide bonds. The van der Waals surface area contributed by atoms with Crippen LogP contribution < -0.4 is 0 Å². The van der Waals surface area contributed by atoms with Gasteiger partial charge in [-0.2, -0.15) is 0 Å². The van der Waals surface area contributed by atoms with E-state index >= 15 is 0 Å². The van der Waals surface area contributed by atoms with E-state index in [2.05, 4.69) is 4.90 Å². The number of ketones is 1. The Labute approximate surface area is 92.0 Å². The maximum atomic E-state index is 11.9. The van der Waals surface area contributed by atoms with Crippen molar-refractivity contribution in [3.05, 3.63) is 0 Å². The zero-order chi connectivity index (χ0) is 10.3. The van der Waals surface area contributed by atoms with Crippen LogP contribution in [0.25, 0.3) is 0 Å². The molecule has 3 unspecified atom stereocenters. The highest BCUT2D eigenvalue weighted by molar-refractivity contribution is 5.84. The molecule has 3 fully saturated rings. The minimum atomic E-state index is 0.310. The van der Waals surface area contributed by atoms with Gasteiger partial charge in [-0.3, -0.25) is 9.69 Å². The van der Waals surface area contributed by atoms with Crippen LogP contribution in [0.3, 0.4) is 0 Å². The molecule has 0 radical (unpaired) electrons. The summed E-state index contributed by atoms with van der Waals surface area (Å²) in [6, 6.07) is 0.310. The first kappa shape index (κ1) is 9.83. The molecule has 3 atom stereocenters. The van der Waals surface area contributed by atoms with Crippen molar-refractivity contribution in [2.75, 3.05) is 13.1 Å². The van der Waals surface area contributed by atoms with Gasteiger partial charge in [0.15, 0.2) is 0 Å². The fraction of sp³-hybridized carbons (Fsp3) is 0.923. The fourth-order valence-electron chi connectivity index (χ4n) is 3.88. The van der Waals surface area contributed by atoms with E-state index in [0.717, 1.165) is 31.1 Å². The quantitative estimate of drug-likeness (QED) is 0.657. The monoisotopic (exact) mass is 207 g/mol. The first-order chi connectivity index (χ1) is 7.34.